The second-order valence-corrected chi connectivity index (χ2v) is 3.59. The molecule has 0 amide bonds. The zero-order valence-electron chi connectivity index (χ0n) is 5.56. The largest absolute Gasteiger partial charge is 0.434 e. The Bertz CT molecular complexity index is 299. The molecule has 0 spiro atoms. The van der Waals surface area contributed by atoms with Crippen LogP contribution < -0.4 is 0 Å². The van der Waals surface area contributed by atoms with Crippen LogP contribution in [-0.4, -0.2) is 4.98 Å². The Morgan fingerprint density at radius 2 is 1.92 bits per heavy atom. The summed E-state index contributed by atoms with van der Waals surface area (Å²) in [7, 11) is 0. The maximum Gasteiger partial charge on any atom is 0.434 e. The van der Waals surface area contributed by atoms with Gasteiger partial charge in [-0.1, -0.05) is 0 Å². The van der Waals surface area contributed by atoms with E-state index >= 15 is 0 Å². The lowest BCUT2D eigenvalue weighted by Crippen LogP contribution is -2.09. The number of hydrogen-bond acceptors (Lipinski definition) is 2. The summed E-state index contributed by atoms with van der Waals surface area (Å²) in [6, 6.07) is 2.75. The smallest absolute Gasteiger partial charge is 0.236 e. The van der Waals surface area contributed by atoms with Gasteiger partial charge in [0.1, 0.15) is 3.70 Å². The molecule has 0 fully saturated rings. The van der Waals surface area contributed by atoms with Crippen molar-refractivity contribution in [1.82, 2.24) is 4.98 Å². The summed E-state index contributed by atoms with van der Waals surface area (Å²) in [4.78, 5) is 3.18. The van der Waals surface area contributed by atoms with Crippen molar-refractivity contribution in [3.63, 3.8) is 0 Å². The molecule has 66 valence electrons. The Kier molecular flexibility index (Phi) is 2.87. The third kappa shape index (κ3) is 2.25. The molecule has 0 atom stereocenters. The summed E-state index contributed by atoms with van der Waals surface area (Å²) in [6.07, 6.45) is -4.42. The average Bonchev–Trinajstić information content (AvgIpc) is 1.92. The Morgan fingerprint density at radius 3 is 2.33 bits per heavy atom. The van der Waals surface area contributed by atoms with Gasteiger partial charge in [-0.05, 0) is 34.7 Å². The van der Waals surface area contributed by atoms with Gasteiger partial charge < -0.3 is 0 Å². The van der Waals surface area contributed by atoms with Gasteiger partial charge in [0.15, 0.2) is 5.69 Å². The van der Waals surface area contributed by atoms with Gasteiger partial charge in [0.2, 0.25) is 0 Å². The lowest BCUT2D eigenvalue weighted by atomic mass is 10.3. The Balaban J connectivity index is 3.23. The van der Waals surface area contributed by atoms with Crippen LogP contribution in [0, 0.1) is 3.70 Å². The Hall–Kier alpha value is 0.0200. The van der Waals surface area contributed by atoms with Crippen molar-refractivity contribution in [1.29, 1.82) is 0 Å². The number of aromatic nitrogens is 1. The highest BCUT2D eigenvalue weighted by molar-refractivity contribution is 14.1. The van der Waals surface area contributed by atoms with Crippen molar-refractivity contribution < 1.29 is 13.2 Å². The average molecular weight is 305 g/mol. The van der Waals surface area contributed by atoms with Crippen molar-refractivity contribution in [3.05, 3.63) is 21.5 Å². The molecule has 0 bridgehead atoms. The topological polar surface area (TPSA) is 12.9 Å². The highest BCUT2D eigenvalue weighted by Crippen LogP contribution is 2.32. The SMILES string of the molecule is FC(F)(F)c1nc(I)ccc1S. The minimum atomic E-state index is -4.42. The lowest BCUT2D eigenvalue weighted by molar-refractivity contribution is -0.143. The van der Waals surface area contributed by atoms with Gasteiger partial charge in [-0.25, -0.2) is 4.98 Å². The fourth-order valence-corrected chi connectivity index (χ4v) is 1.31. The number of nitrogens with zero attached hydrogens (tertiary/aromatic N) is 1. The molecule has 0 aliphatic carbocycles. The summed E-state index contributed by atoms with van der Waals surface area (Å²) >= 11 is 5.37. The standard InChI is InChI=1S/C6H3F3INS/c7-6(8,9)5-3(12)1-2-4(10)11-5/h1-2,12H. The molecule has 0 radical (unpaired) electrons. The van der Waals surface area contributed by atoms with Crippen LogP contribution in [0.4, 0.5) is 13.2 Å². The number of halogens is 4. The maximum atomic E-state index is 12.1. The minimum Gasteiger partial charge on any atom is -0.236 e. The fraction of sp³-hybridized carbons (Fsp3) is 0.167. The van der Waals surface area contributed by atoms with E-state index in [0.29, 0.717) is 3.70 Å². The lowest BCUT2D eigenvalue weighted by Gasteiger charge is -2.07. The summed E-state index contributed by atoms with van der Waals surface area (Å²) in [6.45, 7) is 0. The van der Waals surface area contributed by atoms with E-state index in [9.17, 15) is 13.2 Å². The van der Waals surface area contributed by atoms with Crippen LogP contribution >= 0.6 is 35.2 Å². The summed E-state index contributed by atoms with van der Waals surface area (Å²) in [5.74, 6) is 0. The van der Waals surface area contributed by atoms with Crippen molar-refractivity contribution in [2.45, 2.75) is 11.1 Å². The third-order valence-corrected chi connectivity index (χ3v) is 2.07. The van der Waals surface area contributed by atoms with Crippen LogP contribution in [0.15, 0.2) is 17.0 Å². The molecule has 12 heavy (non-hydrogen) atoms. The van der Waals surface area contributed by atoms with Crippen LogP contribution in [0.3, 0.4) is 0 Å². The van der Waals surface area contributed by atoms with E-state index in [4.69, 9.17) is 0 Å². The first kappa shape index (κ1) is 10.1. The van der Waals surface area contributed by atoms with Crippen molar-refractivity contribution in [2.24, 2.45) is 0 Å². The summed E-state index contributed by atoms with van der Waals surface area (Å²) in [5, 5.41) is 0. The molecule has 0 aromatic carbocycles. The minimum absolute atomic E-state index is 0.150. The van der Waals surface area contributed by atoms with E-state index in [-0.39, 0.29) is 4.90 Å². The first-order valence-corrected chi connectivity index (χ1v) is 4.36. The quantitative estimate of drug-likeness (QED) is 0.442. The molecular formula is C6H3F3INS. The monoisotopic (exact) mass is 305 g/mol. The summed E-state index contributed by atoms with van der Waals surface area (Å²) in [5.41, 5.74) is -0.933. The zero-order chi connectivity index (χ0) is 9.35. The van der Waals surface area contributed by atoms with Crippen LogP contribution in [0.1, 0.15) is 5.69 Å². The highest BCUT2D eigenvalue weighted by atomic mass is 127. The molecule has 1 aromatic rings. The van der Waals surface area contributed by atoms with Gasteiger partial charge in [0.25, 0.3) is 0 Å². The fourth-order valence-electron chi connectivity index (χ4n) is 0.637. The second-order valence-electron chi connectivity index (χ2n) is 2.00. The number of hydrogen-bond donors (Lipinski definition) is 1. The zero-order valence-corrected chi connectivity index (χ0v) is 8.61. The van der Waals surface area contributed by atoms with E-state index in [0.717, 1.165) is 0 Å². The van der Waals surface area contributed by atoms with Crippen LogP contribution in [0.5, 0.6) is 0 Å². The Morgan fingerprint density at radius 1 is 1.33 bits per heavy atom. The van der Waals surface area contributed by atoms with Crippen molar-refractivity contribution in [3.8, 4) is 0 Å². The van der Waals surface area contributed by atoms with E-state index in [1.165, 1.54) is 12.1 Å². The van der Waals surface area contributed by atoms with Gasteiger partial charge in [-0.3, -0.25) is 0 Å². The molecule has 1 heterocycles. The molecule has 0 aliphatic rings. The predicted octanol–water partition coefficient (Wildman–Crippen LogP) is 2.99. The molecule has 0 aliphatic heterocycles. The van der Waals surface area contributed by atoms with Crippen LogP contribution in [-0.2, 0) is 6.18 Å². The third-order valence-electron chi connectivity index (χ3n) is 1.11. The number of pyridine rings is 1. The molecule has 1 rings (SSSR count). The second kappa shape index (κ2) is 3.41. The van der Waals surface area contributed by atoms with Gasteiger partial charge in [0, 0.05) is 4.90 Å². The van der Waals surface area contributed by atoms with Gasteiger partial charge in [-0.15, -0.1) is 12.6 Å². The molecule has 0 unspecified atom stereocenters. The van der Waals surface area contributed by atoms with E-state index in [2.05, 4.69) is 17.6 Å². The first-order valence-electron chi connectivity index (χ1n) is 2.84. The molecule has 1 nitrogen and oxygen atoms in total. The van der Waals surface area contributed by atoms with Crippen LogP contribution in [0.2, 0.25) is 0 Å². The number of thiol groups is 1. The van der Waals surface area contributed by atoms with Crippen molar-refractivity contribution >= 4 is 35.2 Å². The molecule has 0 saturated carbocycles. The van der Waals surface area contributed by atoms with Gasteiger partial charge in [-0.2, -0.15) is 13.2 Å². The molecule has 1 aromatic heterocycles. The number of alkyl halides is 3. The predicted molar refractivity (Wildman–Crippen MR) is 49.2 cm³/mol. The maximum absolute atomic E-state index is 12.1. The van der Waals surface area contributed by atoms with Crippen LogP contribution in [0.25, 0.3) is 0 Å². The molecule has 0 N–H and O–H groups in total. The van der Waals surface area contributed by atoms with E-state index < -0.39 is 11.9 Å². The molecular weight excluding hydrogens is 302 g/mol. The number of rotatable bonds is 0. The summed E-state index contributed by atoms with van der Waals surface area (Å²) < 4.78 is 36.6. The molecule has 6 heteroatoms. The van der Waals surface area contributed by atoms with E-state index in [1.807, 2.05) is 0 Å². The Labute approximate surface area is 85.9 Å². The van der Waals surface area contributed by atoms with Crippen molar-refractivity contribution in [2.75, 3.05) is 0 Å². The van der Waals surface area contributed by atoms with E-state index in [1.54, 1.807) is 22.6 Å². The first-order chi connectivity index (χ1) is 5.41. The van der Waals surface area contributed by atoms with Gasteiger partial charge in [0.05, 0.1) is 0 Å². The molecule has 0 saturated heterocycles. The van der Waals surface area contributed by atoms with Gasteiger partial charge >= 0.3 is 6.18 Å². The highest BCUT2D eigenvalue weighted by Gasteiger charge is 2.34. The normalized spacial score (nSPS) is 11.8.